The molecule has 0 unspecified atom stereocenters. The van der Waals surface area contributed by atoms with Crippen LogP contribution in [0.2, 0.25) is 0 Å². The highest BCUT2D eigenvalue weighted by Gasteiger charge is 2.17. The molecule has 2 rings (SSSR count). The second kappa shape index (κ2) is 5.90. The minimum atomic E-state index is -0.101. The molecule has 0 aliphatic heterocycles. The predicted octanol–water partition coefficient (Wildman–Crippen LogP) is 3.15. The number of carbonyl (C=O) groups is 1. The Balaban J connectivity index is 2.35. The van der Waals surface area contributed by atoms with Gasteiger partial charge in [-0.1, -0.05) is 13.3 Å². The zero-order valence-corrected chi connectivity index (χ0v) is 12.4. The molecular formula is C16H20N2O2. The normalized spacial score (nSPS) is 10.6. The van der Waals surface area contributed by atoms with E-state index in [4.69, 9.17) is 4.74 Å². The van der Waals surface area contributed by atoms with E-state index in [-0.39, 0.29) is 5.91 Å². The van der Waals surface area contributed by atoms with E-state index < -0.39 is 0 Å². The highest BCUT2D eigenvalue weighted by molar-refractivity contribution is 5.96. The third-order valence-corrected chi connectivity index (χ3v) is 3.47. The van der Waals surface area contributed by atoms with Crippen LogP contribution in [0.1, 0.15) is 40.7 Å². The fraction of sp³-hybridized carbons (Fsp3) is 0.375. The van der Waals surface area contributed by atoms with Crippen LogP contribution in [0, 0.1) is 13.8 Å². The van der Waals surface area contributed by atoms with Crippen LogP contribution in [-0.4, -0.2) is 22.8 Å². The third-order valence-electron chi connectivity index (χ3n) is 3.47. The Bertz CT molecular complexity index is 612. The SMILES string of the molecule is CCCc1c(C)nn(C(=O)c2ccc(OC)cc2)c1C. The van der Waals surface area contributed by atoms with Crippen LogP contribution >= 0.6 is 0 Å². The fourth-order valence-corrected chi connectivity index (χ4v) is 2.34. The summed E-state index contributed by atoms with van der Waals surface area (Å²) in [6.07, 6.45) is 2.00. The van der Waals surface area contributed by atoms with Gasteiger partial charge in [-0.15, -0.1) is 0 Å². The van der Waals surface area contributed by atoms with Crippen molar-refractivity contribution in [2.45, 2.75) is 33.6 Å². The molecule has 106 valence electrons. The first kappa shape index (κ1) is 14.3. The van der Waals surface area contributed by atoms with Crippen LogP contribution in [0.25, 0.3) is 0 Å². The molecular weight excluding hydrogens is 252 g/mol. The summed E-state index contributed by atoms with van der Waals surface area (Å²) in [4.78, 5) is 12.5. The Morgan fingerprint density at radius 2 is 1.90 bits per heavy atom. The van der Waals surface area contributed by atoms with Crippen LogP contribution in [0.5, 0.6) is 5.75 Å². The van der Waals surface area contributed by atoms with Gasteiger partial charge in [-0.25, -0.2) is 4.68 Å². The lowest BCUT2D eigenvalue weighted by Gasteiger charge is -2.05. The van der Waals surface area contributed by atoms with Crippen molar-refractivity contribution >= 4 is 5.91 Å². The first-order chi connectivity index (χ1) is 9.58. The number of methoxy groups -OCH3 is 1. The van der Waals surface area contributed by atoms with E-state index in [2.05, 4.69) is 12.0 Å². The van der Waals surface area contributed by atoms with Crippen LogP contribution in [0.3, 0.4) is 0 Å². The highest BCUT2D eigenvalue weighted by Crippen LogP contribution is 2.18. The molecule has 1 aromatic heterocycles. The van der Waals surface area contributed by atoms with Gasteiger partial charge in [-0.3, -0.25) is 4.79 Å². The van der Waals surface area contributed by atoms with Gasteiger partial charge in [0.25, 0.3) is 5.91 Å². The zero-order valence-electron chi connectivity index (χ0n) is 12.4. The van der Waals surface area contributed by atoms with Crippen molar-refractivity contribution in [3.8, 4) is 5.75 Å². The minimum Gasteiger partial charge on any atom is -0.497 e. The molecule has 0 saturated heterocycles. The highest BCUT2D eigenvalue weighted by atomic mass is 16.5. The molecule has 0 aliphatic carbocycles. The molecule has 0 spiro atoms. The number of aromatic nitrogens is 2. The summed E-state index contributed by atoms with van der Waals surface area (Å²) in [5.41, 5.74) is 3.66. The Morgan fingerprint density at radius 3 is 2.45 bits per heavy atom. The van der Waals surface area contributed by atoms with Gasteiger partial charge in [0.2, 0.25) is 0 Å². The van der Waals surface area contributed by atoms with Crippen molar-refractivity contribution in [3.05, 3.63) is 46.8 Å². The maximum Gasteiger partial charge on any atom is 0.278 e. The Hall–Kier alpha value is -2.10. The first-order valence-corrected chi connectivity index (χ1v) is 6.82. The molecule has 0 saturated carbocycles. The van der Waals surface area contributed by atoms with Gasteiger partial charge in [-0.05, 0) is 50.1 Å². The summed E-state index contributed by atoms with van der Waals surface area (Å²) >= 11 is 0. The summed E-state index contributed by atoms with van der Waals surface area (Å²) < 4.78 is 6.60. The minimum absolute atomic E-state index is 0.101. The lowest BCUT2D eigenvalue weighted by Crippen LogP contribution is -2.15. The van der Waals surface area contributed by atoms with E-state index in [1.807, 2.05) is 13.8 Å². The van der Waals surface area contributed by atoms with E-state index in [0.29, 0.717) is 5.56 Å². The molecule has 4 heteroatoms. The average Bonchev–Trinajstić information content (AvgIpc) is 2.75. The lowest BCUT2D eigenvalue weighted by atomic mass is 10.1. The molecule has 0 fully saturated rings. The van der Waals surface area contributed by atoms with Gasteiger partial charge >= 0.3 is 0 Å². The number of benzene rings is 1. The maximum absolute atomic E-state index is 12.5. The Morgan fingerprint density at radius 1 is 1.25 bits per heavy atom. The van der Waals surface area contributed by atoms with Gasteiger partial charge in [0.05, 0.1) is 12.8 Å². The van der Waals surface area contributed by atoms with Gasteiger partial charge in [0, 0.05) is 11.3 Å². The second-order valence-corrected chi connectivity index (χ2v) is 4.84. The van der Waals surface area contributed by atoms with E-state index in [1.165, 1.54) is 10.2 Å². The molecule has 0 bridgehead atoms. The average molecular weight is 272 g/mol. The standard InChI is InChI=1S/C16H20N2O2/c1-5-6-15-11(2)17-18(12(15)3)16(19)13-7-9-14(20-4)10-8-13/h7-10H,5-6H2,1-4H3. The summed E-state index contributed by atoms with van der Waals surface area (Å²) in [6, 6.07) is 7.09. The Labute approximate surface area is 119 Å². The first-order valence-electron chi connectivity index (χ1n) is 6.82. The summed E-state index contributed by atoms with van der Waals surface area (Å²) in [6.45, 7) is 6.03. The smallest absolute Gasteiger partial charge is 0.278 e. The van der Waals surface area contributed by atoms with E-state index in [0.717, 1.165) is 30.0 Å². The molecule has 0 radical (unpaired) electrons. The van der Waals surface area contributed by atoms with Crippen LogP contribution in [-0.2, 0) is 6.42 Å². The van der Waals surface area contributed by atoms with Crippen molar-refractivity contribution in [1.29, 1.82) is 0 Å². The monoisotopic (exact) mass is 272 g/mol. The largest absolute Gasteiger partial charge is 0.497 e. The maximum atomic E-state index is 12.5. The van der Waals surface area contributed by atoms with E-state index in [9.17, 15) is 4.79 Å². The molecule has 0 aliphatic rings. The van der Waals surface area contributed by atoms with Crippen molar-refractivity contribution in [2.75, 3.05) is 7.11 Å². The van der Waals surface area contributed by atoms with Crippen LogP contribution in [0.4, 0.5) is 0 Å². The van der Waals surface area contributed by atoms with Crippen molar-refractivity contribution in [2.24, 2.45) is 0 Å². The number of rotatable bonds is 4. The second-order valence-electron chi connectivity index (χ2n) is 4.84. The topological polar surface area (TPSA) is 44.1 Å². The molecule has 0 N–H and O–H groups in total. The van der Waals surface area contributed by atoms with Gasteiger partial charge in [0.15, 0.2) is 0 Å². The number of hydrogen-bond donors (Lipinski definition) is 0. The number of nitrogens with zero attached hydrogens (tertiary/aromatic N) is 2. The molecule has 0 atom stereocenters. The number of hydrogen-bond acceptors (Lipinski definition) is 3. The van der Waals surface area contributed by atoms with Crippen molar-refractivity contribution in [1.82, 2.24) is 9.78 Å². The predicted molar refractivity (Wildman–Crippen MR) is 78.4 cm³/mol. The van der Waals surface area contributed by atoms with Crippen molar-refractivity contribution in [3.63, 3.8) is 0 Å². The number of aryl methyl sites for hydroxylation is 1. The van der Waals surface area contributed by atoms with Gasteiger partial charge < -0.3 is 4.74 Å². The van der Waals surface area contributed by atoms with E-state index >= 15 is 0 Å². The van der Waals surface area contributed by atoms with Crippen LogP contribution in [0.15, 0.2) is 24.3 Å². The summed E-state index contributed by atoms with van der Waals surface area (Å²) in [7, 11) is 1.61. The summed E-state index contributed by atoms with van der Waals surface area (Å²) in [5.74, 6) is 0.636. The molecule has 1 heterocycles. The molecule has 4 nitrogen and oxygen atoms in total. The fourth-order valence-electron chi connectivity index (χ4n) is 2.34. The number of carbonyl (C=O) groups excluding carboxylic acids is 1. The molecule has 2 aromatic rings. The molecule has 0 amide bonds. The van der Waals surface area contributed by atoms with Crippen LogP contribution < -0.4 is 4.74 Å². The molecule has 20 heavy (non-hydrogen) atoms. The third kappa shape index (κ3) is 2.59. The van der Waals surface area contributed by atoms with E-state index in [1.54, 1.807) is 31.4 Å². The lowest BCUT2D eigenvalue weighted by molar-refractivity contribution is 0.0942. The van der Waals surface area contributed by atoms with Gasteiger partial charge in [-0.2, -0.15) is 5.10 Å². The quantitative estimate of drug-likeness (QED) is 0.858. The molecule has 1 aromatic carbocycles. The Kier molecular flexibility index (Phi) is 4.23. The van der Waals surface area contributed by atoms with Gasteiger partial charge in [0.1, 0.15) is 5.75 Å². The number of ether oxygens (including phenoxy) is 1. The summed E-state index contributed by atoms with van der Waals surface area (Å²) in [5, 5.41) is 4.38. The van der Waals surface area contributed by atoms with Crippen molar-refractivity contribution < 1.29 is 9.53 Å². The zero-order chi connectivity index (χ0) is 14.7.